The normalized spacial score (nSPS) is 18.6. The van der Waals surface area contributed by atoms with E-state index in [9.17, 15) is 4.79 Å². The number of quaternary nitrogens is 2. The van der Waals surface area contributed by atoms with Crippen LogP contribution in [0.3, 0.4) is 0 Å². The molecule has 2 aromatic rings. The van der Waals surface area contributed by atoms with E-state index in [1.807, 2.05) is 12.1 Å². The van der Waals surface area contributed by atoms with E-state index in [0.717, 1.165) is 64.7 Å². The minimum atomic E-state index is 0.0766. The molecule has 0 saturated carbocycles. The molecule has 29 heavy (non-hydrogen) atoms. The fourth-order valence-corrected chi connectivity index (χ4v) is 4.17. The molecule has 0 unspecified atom stereocenters. The van der Waals surface area contributed by atoms with Crippen molar-refractivity contribution in [3.63, 3.8) is 0 Å². The highest BCUT2D eigenvalue weighted by atomic mass is 16.5. The van der Waals surface area contributed by atoms with Crippen molar-refractivity contribution in [3.8, 4) is 0 Å². The molecule has 1 amide bonds. The highest BCUT2D eigenvalue weighted by molar-refractivity contribution is 5.91. The van der Waals surface area contributed by atoms with Gasteiger partial charge in [-0.05, 0) is 24.3 Å². The van der Waals surface area contributed by atoms with Crippen molar-refractivity contribution in [2.24, 2.45) is 0 Å². The van der Waals surface area contributed by atoms with Gasteiger partial charge in [-0.1, -0.05) is 30.3 Å². The maximum atomic E-state index is 12.3. The number of amides is 1. The predicted molar refractivity (Wildman–Crippen MR) is 115 cm³/mol. The average molecular weight is 397 g/mol. The number of carbonyl (C=O) groups is 1. The predicted octanol–water partition coefficient (Wildman–Crippen LogP) is -0.555. The Balaban J connectivity index is 1.23. The quantitative estimate of drug-likeness (QED) is 0.614. The first kappa shape index (κ1) is 19.9. The maximum absolute atomic E-state index is 12.3. The molecule has 6 nitrogen and oxygen atoms in total. The highest BCUT2D eigenvalue weighted by Crippen LogP contribution is 2.18. The zero-order valence-corrected chi connectivity index (χ0v) is 17.0. The van der Waals surface area contributed by atoms with Crippen LogP contribution < -0.4 is 20.0 Å². The van der Waals surface area contributed by atoms with Gasteiger partial charge >= 0.3 is 0 Å². The number of nitrogens with one attached hydrogen (secondary N) is 3. The van der Waals surface area contributed by atoms with Crippen LogP contribution in [0.25, 0.3) is 0 Å². The van der Waals surface area contributed by atoms with Crippen LogP contribution in [0.4, 0.5) is 11.4 Å². The number of morpholine rings is 1. The second-order valence-corrected chi connectivity index (χ2v) is 8.03. The lowest BCUT2D eigenvalue weighted by Crippen LogP contribution is -3.15. The highest BCUT2D eigenvalue weighted by Gasteiger charge is 2.21. The molecule has 3 N–H and O–H groups in total. The van der Waals surface area contributed by atoms with Crippen molar-refractivity contribution in [1.29, 1.82) is 0 Å². The van der Waals surface area contributed by atoms with Crippen molar-refractivity contribution >= 4 is 17.3 Å². The third-order valence-electron chi connectivity index (χ3n) is 5.89. The van der Waals surface area contributed by atoms with Gasteiger partial charge in [0.1, 0.15) is 19.6 Å². The van der Waals surface area contributed by atoms with Crippen LogP contribution in [-0.4, -0.2) is 64.9 Å². The maximum Gasteiger partial charge on any atom is 0.279 e. The van der Waals surface area contributed by atoms with Crippen LogP contribution in [-0.2, 0) is 16.1 Å². The van der Waals surface area contributed by atoms with Crippen LogP contribution in [0.1, 0.15) is 5.56 Å². The van der Waals surface area contributed by atoms with E-state index in [1.165, 1.54) is 16.2 Å². The fourth-order valence-electron chi connectivity index (χ4n) is 4.17. The molecule has 0 aliphatic carbocycles. The van der Waals surface area contributed by atoms with E-state index < -0.39 is 0 Å². The Hall–Kier alpha value is -2.41. The molecule has 0 bridgehead atoms. The van der Waals surface area contributed by atoms with Crippen molar-refractivity contribution in [3.05, 3.63) is 60.2 Å². The Kier molecular flexibility index (Phi) is 6.77. The van der Waals surface area contributed by atoms with E-state index in [1.54, 1.807) is 4.90 Å². The largest absolute Gasteiger partial charge is 0.370 e. The summed E-state index contributed by atoms with van der Waals surface area (Å²) in [6, 6.07) is 19.0. The van der Waals surface area contributed by atoms with Crippen LogP contribution in [0, 0.1) is 0 Å². The third-order valence-corrected chi connectivity index (χ3v) is 5.89. The third kappa shape index (κ3) is 5.79. The molecular formula is C23H32N4O2+2. The van der Waals surface area contributed by atoms with Gasteiger partial charge in [-0.15, -0.1) is 0 Å². The molecule has 0 aromatic heterocycles. The van der Waals surface area contributed by atoms with Gasteiger partial charge in [-0.2, -0.15) is 0 Å². The summed E-state index contributed by atoms with van der Waals surface area (Å²) in [6.07, 6.45) is 0. The molecule has 0 spiro atoms. The molecule has 2 fully saturated rings. The van der Waals surface area contributed by atoms with Gasteiger partial charge in [0.2, 0.25) is 0 Å². The zero-order valence-electron chi connectivity index (χ0n) is 17.0. The van der Waals surface area contributed by atoms with Crippen molar-refractivity contribution in [2.75, 3.05) is 69.2 Å². The molecule has 2 aliphatic rings. The Bertz CT molecular complexity index is 767. The summed E-state index contributed by atoms with van der Waals surface area (Å²) in [6.45, 7) is 9.35. The summed E-state index contributed by atoms with van der Waals surface area (Å²) in [5.74, 6) is 0.0766. The molecule has 0 radical (unpaired) electrons. The van der Waals surface area contributed by atoms with Gasteiger partial charge < -0.3 is 24.8 Å². The Morgan fingerprint density at radius 2 is 1.59 bits per heavy atom. The van der Waals surface area contributed by atoms with Crippen molar-refractivity contribution < 1.29 is 19.3 Å². The lowest BCUT2D eigenvalue weighted by molar-refractivity contribution is -0.914. The molecule has 2 heterocycles. The second-order valence-electron chi connectivity index (χ2n) is 8.03. The monoisotopic (exact) mass is 396 g/mol. The van der Waals surface area contributed by atoms with Gasteiger partial charge in [0, 0.05) is 16.9 Å². The number of anilines is 2. The number of hydrogen-bond donors (Lipinski definition) is 3. The topological polar surface area (TPSA) is 50.5 Å². The van der Waals surface area contributed by atoms with Crippen molar-refractivity contribution in [2.45, 2.75) is 6.54 Å². The van der Waals surface area contributed by atoms with Gasteiger partial charge in [-0.25, -0.2) is 0 Å². The minimum Gasteiger partial charge on any atom is -0.370 e. The van der Waals surface area contributed by atoms with Gasteiger partial charge in [0.25, 0.3) is 5.91 Å². The first-order valence-corrected chi connectivity index (χ1v) is 10.7. The number of benzene rings is 2. The summed E-state index contributed by atoms with van der Waals surface area (Å²) in [5.41, 5.74) is 3.52. The number of piperazine rings is 1. The van der Waals surface area contributed by atoms with Gasteiger partial charge in [-0.3, -0.25) is 4.79 Å². The van der Waals surface area contributed by atoms with Gasteiger partial charge in [0.15, 0.2) is 6.54 Å². The van der Waals surface area contributed by atoms with E-state index in [2.05, 4.69) is 52.7 Å². The lowest BCUT2D eigenvalue weighted by atomic mass is 10.2. The smallest absolute Gasteiger partial charge is 0.279 e. The second kappa shape index (κ2) is 9.87. The molecule has 2 aliphatic heterocycles. The van der Waals surface area contributed by atoms with Crippen LogP contribution in [0.5, 0.6) is 0 Å². The van der Waals surface area contributed by atoms with E-state index in [4.69, 9.17) is 4.74 Å². The van der Waals surface area contributed by atoms with Crippen LogP contribution in [0.15, 0.2) is 54.6 Å². The first-order valence-electron chi connectivity index (χ1n) is 10.7. The summed E-state index contributed by atoms with van der Waals surface area (Å²) in [7, 11) is 0. The average Bonchev–Trinajstić information content (AvgIpc) is 2.76. The Labute approximate surface area is 173 Å². The SMILES string of the molecule is O=C(C[NH+]1CCOCC1)Nc1ccc(N2CC[NH+](Cc3ccccc3)CC2)cc1. The Morgan fingerprint density at radius 1 is 0.897 bits per heavy atom. The summed E-state index contributed by atoms with van der Waals surface area (Å²) in [5, 5.41) is 3.03. The lowest BCUT2D eigenvalue weighted by Gasteiger charge is -2.33. The first-order chi connectivity index (χ1) is 14.3. The molecule has 154 valence electrons. The number of nitrogens with zero attached hydrogens (tertiary/aromatic N) is 1. The zero-order chi connectivity index (χ0) is 19.9. The van der Waals surface area contributed by atoms with E-state index in [0.29, 0.717) is 6.54 Å². The number of rotatable bonds is 6. The van der Waals surface area contributed by atoms with E-state index in [-0.39, 0.29) is 5.91 Å². The number of hydrogen-bond acceptors (Lipinski definition) is 3. The molecule has 6 heteroatoms. The van der Waals surface area contributed by atoms with Crippen molar-refractivity contribution in [1.82, 2.24) is 0 Å². The summed E-state index contributed by atoms with van der Waals surface area (Å²) in [4.78, 5) is 17.6. The molecule has 2 aromatic carbocycles. The molecular weight excluding hydrogens is 364 g/mol. The van der Waals surface area contributed by atoms with Crippen LogP contribution >= 0.6 is 0 Å². The minimum absolute atomic E-state index is 0.0766. The summed E-state index contributed by atoms with van der Waals surface area (Å²) < 4.78 is 5.35. The molecule has 0 atom stereocenters. The van der Waals surface area contributed by atoms with Crippen LogP contribution in [0.2, 0.25) is 0 Å². The molecule has 2 saturated heterocycles. The van der Waals surface area contributed by atoms with Gasteiger partial charge in [0.05, 0.1) is 39.4 Å². The molecule has 4 rings (SSSR count). The fraction of sp³-hybridized carbons (Fsp3) is 0.435. The number of carbonyl (C=O) groups excluding carboxylic acids is 1. The van der Waals surface area contributed by atoms with E-state index >= 15 is 0 Å². The standard InChI is InChI=1S/C23H30N4O2/c28-23(19-26-14-16-29-17-15-26)24-21-6-8-22(9-7-21)27-12-10-25(11-13-27)18-20-4-2-1-3-5-20/h1-9H,10-19H2,(H,24,28)/p+2. The number of ether oxygens (including phenoxy) is 1. The Morgan fingerprint density at radius 3 is 2.28 bits per heavy atom. The summed E-state index contributed by atoms with van der Waals surface area (Å²) >= 11 is 0.